The van der Waals surface area contributed by atoms with Crippen LogP contribution < -0.4 is 14.8 Å². The smallest absolute Gasteiger partial charge is 0.400 e. The van der Waals surface area contributed by atoms with Crippen molar-refractivity contribution in [1.82, 2.24) is 0 Å². The van der Waals surface area contributed by atoms with Crippen LogP contribution in [0.5, 0.6) is 11.5 Å². The third kappa shape index (κ3) is 8.86. The lowest BCUT2D eigenvalue weighted by Gasteiger charge is -2.26. The number of benzene rings is 3. The van der Waals surface area contributed by atoms with Crippen molar-refractivity contribution in [2.45, 2.75) is 45.7 Å². The predicted molar refractivity (Wildman–Crippen MR) is 162 cm³/mol. The third-order valence-corrected chi connectivity index (χ3v) is 7.89. The van der Waals surface area contributed by atoms with E-state index in [4.69, 9.17) is 44.3 Å². The molecule has 0 aliphatic heterocycles. The molecule has 0 fully saturated rings. The zero-order valence-corrected chi connectivity index (χ0v) is 26.4. The number of amides is 1. The monoisotopic (exact) mass is 693 g/mol. The quantitative estimate of drug-likeness (QED) is 0.143. The molecule has 0 aromatic heterocycles. The first-order chi connectivity index (χ1) is 21.0. The molecule has 6 nitrogen and oxygen atoms in total. The lowest BCUT2D eigenvalue weighted by Crippen LogP contribution is -2.39. The molecule has 1 amide bonds. The van der Waals surface area contributed by atoms with Crippen molar-refractivity contribution in [2.75, 3.05) is 19.0 Å². The fourth-order valence-corrected chi connectivity index (χ4v) is 4.98. The zero-order valence-electron chi connectivity index (χ0n) is 24.1. The Balaban J connectivity index is 1.89. The minimum absolute atomic E-state index is 0.0413. The van der Waals surface area contributed by atoms with Crippen LogP contribution in [0.4, 0.5) is 27.6 Å². The van der Waals surface area contributed by atoms with E-state index < -0.39 is 48.5 Å². The Kier molecular flexibility index (Phi) is 11.9. The fourth-order valence-electron chi connectivity index (χ4n) is 4.14. The number of ketones is 2. The summed E-state index contributed by atoms with van der Waals surface area (Å²) in [6, 6.07) is 11.1. The van der Waals surface area contributed by atoms with Crippen LogP contribution in [0, 0.1) is 5.41 Å². The molecular weight excluding hydrogens is 668 g/mol. The van der Waals surface area contributed by atoms with E-state index in [-0.39, 0.29) is 62.3 Å². The number of hydrogen-bond donors (Lipinski definition) is 1. The third-order valence-electron chi connectivity index (χ3n) is 6.91. The van der Waals surface area contributed by atoms with Gasteiger partial charge in [-0.15, -0.1) is 0 Å². The molecule has 3 rings (SSSR count). The number of carbonyl (C=O) groups excluding carboxylic acids is 3. The van der Waals surface area contributed by atoms with Crippen molar-refractivity contribution in [3.8, 4) is 11.5 Å². The second-order valence-corrected chi connectivity index (χ2v) is 11.6. The average Bonchev–Trinajstić information content (AvgIpc) is 2.96. The maximum Gasteiger partial charge on any atom is 0.400 e. The summed E-state index contributed by atoms with van der Waals surface area (Å²) in [6.45, 7) is 0.583. The topological polar surface area (TPSA) is 81.7 Å². The molecule has 0 bridgehead atoms. The number of alkyl halides is 5. The summed E-state index contributed by atoms with van der Waals surface area (Å²) in [6.07, 6.45) is -8.60. The van der Waals surface area contributed by atoms with Crippen LogP contribution in [0.2, 0.25) is 15.1 Å². The number of methoxy groups -OCH3 is 1. The van der Waals surface area contributed by atoms with Gasteiger partial charge in [0, 0.05) is 23.9 Å². The minimum atomic E-state index is -4.74. The standard InChI is InChI=1S/C31H27Cl3F5NO5/c1-30(2,31(37,38)39)25(42)11-6-17-5-8-20(33)27(28(17)34)22(41)13-16-4-10-23(45-15-26(35)36)19(12-16)29(43)40-21-9-7-18(32)14-24(21)44-3/h4-5,7-10,12,14,26H,6,11,13,15H2,1-3H3,(H,40,43). The highest BCUT2D eigenvalue weighted by molar-refractivity contribution is 6.40. The first-order valence-electron chi connectivity index (χ1n) is 13.2. The van der Waals surface area contributed by atoms with Crippen LogP contribution in [0.25, 0.3) is 0 Å². The predicted octanol–water partition coefficient (Wildman–Crippen LogP) is 9.07. The molecule has 0 heterocycles. The summed E-state index contributed by atoms with van der Waals surface area (Å²) in [7, 11) is 1.36. The van der Waals surface area contributed by atoms with Crippen molar-refractivity contribution in [3.63, 3.8) is 0 Å². The molecule has 0 aliphatic rings. The molecule has 0 saturated carbocycles. The number of rotatable bonds is 13. The molecule has 0 spiro atoms. The summed E-state index contributed by atoms with van der Waals surface area (Å²) in [5.41, 5.74) is -2.15. The van der Waals surface area contributed by atoms with E-state index in [1.54, 1.807) is 0 Å². The summed E-state index contributed by atoms with van der Waals surface area (Å²) in [5.74, 6) is -2.38. The van der Waals surface area contributed by atoms with Crippen molar-refractivity contribution in [3.05, 3.63) is 85.9 Å². The minimum Gasteiger partial charge on any atom is -0.495 e. The second kappa shape index (κ2) is 14.8. The summed E-state index contributed by atoms with van der Waals surface area (Å²) in [5, 5.41) is 2.77. The van der Waals surface area contributed by atoms with Gasteiger partial charge in [0.25, 0.3) is 12.3 Å². The van der Waals surface area contributed by atoms with Crippen LogP contribution in [-0.2, 0) is 17.6 Å². The van der Waals surface area contributed by atoms with Crippen LogP contribution in [0.3, 0.4) is 0 Å². The highest BCUT2D eigenvalue weighted by atomic mass is 35.5. The van der Waals surface area contributed by atoms with Gasteiger partial charge in [-0.25, -0.2) is 8.78 Å². The Bertz CT molecular complexity index is 1590. The van der Waals surface area contributed by atoms with E-state index >= 15 is 0 Å². The molecule has 0 atom stereocenters. The molecule has 0 radical (unpaired) electrons. The molecule has 0 saturated heterocycles. The molecule has 45 heavy (non-hydrogen) atoms. The molecular formula is C31H27Cl3F5NO5. The highest BCUT2D eigenvalue weighted by Gasteiger charge is 2.52. The Labute approximate surface area is 270 Å². The van der Waals surface area contributed by atoms with Gasteiger partial charge in [0.15, 0.2) is 5.78 Å². The summed E-state index contributed by atoms with van der Waals surface area (Å²) >= 11 is 18.7. The number of anilines is 1. The van der Waals surface area contributed by atoms with Crippen molar-refractivity contribution in [1.29, 1.82) is 0 Å². The molecule has 242 valence electrons. The Morgan fingerprint density at radius 3 is 2.24 bits per heavy atom. The number of Topliss-reactive ketones (excluding diaryl/α,β-unsaturated/α-hetero) is 2. The van der Waals surface area contributed by atoms with Gasteiger partial charge in [0.05, 0.1) is 34.0 Å². The maximum atomic E-state index is 13.4. The Morgan fingerprint density at radius 1 is 0.933 bits per heavy atom. The van der Waals surface area contributed by atoms with Gasteiger partial charge in [-0.2, -0.15) is 13.2 Å². The van der Waals surface area contributed by atoms with Gasteiger partial charge in [0.2, 0.25) is 0 Å². The van der Waals surface area contributed by atoms with E-state index in [0.717, 1.165) is 13.8 Å². The van der Waals surface area contributed by atoms with E-state index in [1.807, 2.05) is 0 Å². The summed E-state index contributed by atoms with van der Waals surface area (Å²) in [4.78, 5) is 39.0. The van der Waals surface area contributed by atoms with Gasteiger partial charge < -0.3 is 14.8 Å². The van der Waals surface area contributed by atoms with Crippen molar-refractivity contribution < 1.29 is 45.8 Å². The van der Waals surface area contributed by atoms with Gasteiger partial charge >= 0.3 is 6.18 Å². The lowest BCUT2D eigenvalue weighted by molar-refractivity contribution is -0.210. The number of halogens is 8. The first-order valence-corrected chi connectivity index (χ1v) is 14.4. The van der Waals surface area contributed by atoms with Gasteiger partial charge in [-0.3, -0.25) is 14.4 Å². The largest absolute Gasteiger partial charge is 0.495 e. The number of ether oxygens (including phenoxy) is 2. The molecule has 1 N–H and O–H groups in total. The molecule has 3 aromatic rings. The SMILES string of the molecule is COc1cc(Cl)ccc1NC(=O)c1cc(CC(=O)c2c(Cl)ccc(CCC(=O)C(C)(C)C(F)(F)F)c2Cl)ccc1OCC(F)F. The van der Waals surface area contributed by atoms with Gasteiger partial charge in [-0.05, 0) is 61.7 Å². The van der Waals surface area contributed by atoms with E-state index in [0.29, 0.717) is 5.02 Å². The van der Waals surface area contributed by atoms with E-state index in [2.05, 4.69) is 5.32 Å². The van der Waals surface area contributed by atoms with Crippen LogP contribution in [-0.4, -0.2) is 43.8 Å². The lowest BCUT2D eigenvalue weighted by atomic mass is 9.84. The molecule has 3 aromatic carbocycles. The molecule has 0 unspecified atom stereocenters. The average molecular weight is 695 g/mol. The molecule has 0 aliphatic carbocycles. The number of hydrogen-bond acceptors (Lipinski definition) is 5. The van der Waals surface area contributed by atoms with Crippen molar-refractivity contribution in [2.24, 2.45) is 5.41 Å². The normalized spacial score (nSPS) is 11.8. The van der Waals surface area contributed by atoms with Gasteiger partial charge in [-0.1, -0.05) is 46.9 Å². The fraction of sp³-hybridized carbons (Fsp3) is 0.323. The van der Waals surface area contributed by atoms with Gasteiger partial charge in [0.1, 0.15) is 29.3 Å². The van der Waals surface area contributed by atoms with Crippen molar-refractivity contribution >= 4 is 58.0 Å². The molecule has 14 heteroatoms. The summed E-state index contributed by atoms with van der Waals surface area (Å²) < 4.78 is 76.0. The van der Waals surface area contributed by atoms with Crippen LogP contribution in [0.15, 0.2) is 48.5 Å². The van der Waals surface area contributed by atoms with E-state index in [9.17, 15) is 36.3 Å². The number of nitrogens with one attached hydrogen (secondary N) is 1. The Hall–Kier alpha value is -3.41. The zero-order chi connectivity index (χ0) is 33.7. The van der Waals surface area contributed by atoms with Crippen LogP contribution in [0.1, 0.15) is 52.1 Å². The Morgan fingerprint density at radius 2 is 1.62 bits per heavy atom. The first kappa shape index (κ1) is 36.1. The van der Waals surface area contributed by atoms with E-state index in [1.165, 1.54) is 55.6 Å². The van der Waals surface area contributed by atoms with Crippen LogP contribution >= 0.6 is 34.8 Å². The number of carbonyl (C=O) groups is 3. The highest BCUT2D eigenvalue weighted by Crippen LogP contribution is 2.40. The number of aryl methyl sites for hydroxylation is 1. The maximum absolute atomic E-state index is 13.4. The second-order valence-electron chi connectivity index (χ2n) is 10.4.